The van der Waals surface area contributed by atoms with Crippen molar-refractivity contribution in [2.75, 3.05) is 31.4 Å². The maximum absolute atomic E-state index is 12.7. The van der Waals surface area contributed by atoms with Crippen LogP contribution >= 0.6 is 0 Å². The van der Waals surface area contributed by atoms with Gasteiger partial charge >= 0.3 is 0 Å². The summed E-state index contributed by atoms with van der Waals surface area (Å²) >= 11 is 0. The molecule has 3 N–H and O–H groups in total. The lowest BCUT2D eigenvalue weighted by Crippen LogP contribution is -2.36. The lowest BCUT2D eigenvalue weighted by atomic mass is 10.2. The number of methoxy groups -OCH3 is 1. The van der Waals surface area contributed by atoms with Gasteiger partial charge in [0, 0.05) is 19.2 Å². The maximum atomic E-state index is 12.7. The molecule has 3 aromatic heterocycles. The number of hydrogen-bond acceptors (Lipinski definition) is 8. The normalized spacial score (nSPS) is 17.0. The summed E-state index contributed by atoms with van der Waals surface area (Å²) in [6.07, 6.45) is 1.50. The van der Waals surface area contributed by atoms with E-state index in [-0.39, 0.29) is 11.9 Å². The molecule has 1 aliphatic rings. The first-order chi connectivity index (χ1) is 13.6. The number of anilines is 3. The molecular formula is C18H21N7O3. The van der Waals surface area contributed by atoms with Gasteiger partial charge in [-0.3, -0.25) is 4.79 Å². The predicted molar refractivity (Wildman–Crippen MR) is 103 cm³/mol. The summed E-state index contributed by atoms with van der Waals surface area (Å²) in [6.45, 7) is 2.54. The van der Waals surface area contributed by atoms with Crippen molar-refractivity contribution in [3.8, 4) is 5.75 Å². The number of aromatic nitrogens is 4. The summed E-state index contributed by atoms with van der Waals surface area (Å²) < 4.78 is 12.7. The molecule has 0 aliphatic carbocycles. The van der Waals surface area contributed by atoms with Crippen LogP contribution < -0.4 is 20.7 Å². The Morgan fingerprint density at radius 3 is 3.00 bits per heavy atom. The fourth-order valence-corrected chi connectivity index (χ4v) is 2.99. The highest BCUT2D eigenvalue weighted by Gasteiger charge is 2.20. The Balaban J connectivity index is 1.88. The van der Waals surface area contributed by atoms with Crippen LogP contribution in [0.1, 0.15) is 23.0 Å². The van der Waals surface area contributed by atoms with E-state index >= 15 is 0 Å². The van der Waals surface area contributed by atoms with E-state index in [0.29, 0.717) is 47.6 Å². The lowest BCUT2D eigenvalue weighted by Gasteiger charge is -2.16. The zero-order chi connectivity index (χ0) is 19.7. The highest BCUT2D eigenvalue weighted by atomic mass is 16.5. The van der Waals surface area contributed by atoms with Gasteiger partial charge in [0.2, 0.25) is 0 Å². The minimum Gasteiger partial charge on any atom is -0.493 e. The van der Waals surface area contributed by atoms with Crippen LogP contribution in [0.4, 0.5) is 17.5 Å². The topological polar surface area (TPSA) is 115 Å². The van der Waals surface area contributed by atoms with Crippen molar-refractivity contribution < 1.29 is 14.3 Å². The van der Waals surface area contributed by atoms with Crippen LogP contribution in [0.25, 0.3) is 5.65 Å². The van der Waals surface area contributed by atoms with E-state index in [1.54, 1.807) is 24.7 Å². The second kappa shape index (κ2) is 7.31. The molecule has 4 heterocycles. The Hall–Kier alpha value is -3.40. The standard InChI is InChI=1S/C18H21N7O3/c1-10-8-28-9-11-4-5-13(27-3)16(22-11)23-14-6-15(19-2)25-17(24-14)12(7-20-25)18(26)21-10/h4-7,10,19H,8-9H2,1-3H3,(H,21,26)(H,22,23,24)/t10-/m1/s1. The average Bonchev–Trinajstić information content (AvgIpc) is 3.11. The van der Waals surface area contributed by atoms with Gasteiger partial charge in [-0.15, -0.1) is 0 Å². The van der Waals surface area contributed by atoms with Crippen LogP contribution in [0, 0.1) is 0 Å². The molecule has 3 aromatic rings. The zero-order valence-corrected chi connectivity index (χ0v) is 15.8. The molecule has 4 rings (SSSR count). The zero-order valence-electron chi connectivity index (χ0n) is 15.8. The van der Waals surface area contributed by atoms with E-state index in [9.17, 15) is 4.79 Å². The number of pyridine rings is 1. The van der Waals surface area contributed by atoms with E-state index in [4.69, 9.17) is 9.47 Å². The number of ether oxygens (including phenoxy) is 2. The van der Waals surface area contributed by atoms with Crippen molar-refractivity contribution >= 4 is 29.0 Å². The van der Waals surface area contributed by atoms with Crippen LogP contribution in [0.2, 0.25) is 0 Å². The maximum Gasteiger partial charge on any atom is 0.257 e. The number of nitrogens with one attached hydrogen (secondary N) is 3. The Labute approximate surface area is 161 Å². The second-order valence-electron chi connectivity index (χ2n) is 6.44. The molecule has 0 saturated carbocycles. The van der Waals surface area contributed by atoms with E-state index in [1.165, 1.54) is 6.20 Å². The first-order valence-electron chi connectivity index (χ1n) is 8.85. The average molecular weight is 383 g/mol. The van der Waals surface area contributed by atoms with E-state index in [0.717, 1.165) is 5.69 Å². The molecule has 0 radical (unpaired) electrons. The molecule has 1 amide bonds. The smallest absolute Gasteiger partial charge is 0.257 e. The van der Waals surface area contributed by atoms with Gasteiger partial charge in [-0.2, -0.15) is 9.61 Å². The summed E-state index contributed by atoms with van der Waals surface area (Å²) in [5, 5.41) is 13.4. The third kappa shape index (κ3) is 3.29. The number of hydrogen-bond donors (Lipinski definition) is 3. The monoisotopic (exact) mass is 383 g/mol. The predicted octanol–water partition coefficient (Wildman–Crippen LogP) is 1.57. The third-order valence-electron chi connectivity index (χ3n) is 4.35. The Morgan fingerprint density at radius 1 is 1.36 bits per heavy atom. The lowest BCUT2D eigenvalue weighted by molar-refractivity contribution is 0.0814. The van der Waals surface area contributed by atoms with Gasteiger partial charge in [-0.05, 0) is 19.1 Å². The number of carbonyl (C=O) groups excluding carboxylic acids is 1. The Morgan fingerprint density at radius 2 is 2.21 bits per heavy atom. The van der Waals surface area contributed by atoms with Gasteiger partial charge < -0.3 is 25.4 Å². The minimum atomic E-state index is -0.260. The van der Waals surface area contributed by atoms with E-state index in [2.05, 4.69) is 31.0 Å². The van der Waals surface area contributed by atoms with Crippen LogP contribution in [0.15, 0.2) is 24.4 Å². The molecule has 4 bridgehead atoms. The summed E-state index contributed by atoms with van der Waals surface area (Å²) in [7, 11) is 3.35. The molecule has 0 fully saturated rings. The highest BCUT2D eigenvalue weighted by Crippen LogP contribution is 2.27. The largest absolute Gasteiger partial charge is 0.493 e. The summed E-state index contributed by atoms with van der Waals surface area (Å²) in [4.78, 5) is 21.9. The highest BCUT2D eigenvalue weighted by molar-refractivity contribution is 6.00. The quantitative estimate of drug-likeness (QED) is 0.611. The summed E-state index contributed by atoms with van der Waals surface area (Å²) in [5.74, 6) is 2.00. The Kier molecular flexibility index (Phi) is 4.70. The van der Waals surface area contributed by atoms with Crippen LogP contribution in [-0.4, -0.2) is 52.3 Å². The van der Waals surface area contributed by atoms with Crippen molar-refractivity contribution in [2.45, 2.75) is 19.6 Å². The fraction of sp³-hybridized carbons (Fsp3) is 0.333. The van der Waals surface area contributed by atoms with Gasteiger partial charge in [0.25, 0.3) is 5.91 Å². The molecule has 0 saturated heterocycles. The van der Waals surface area contributed by atoms with Crippen molar-refractivity contribution in [3.63, 3.8) is 0 Å². The van der Waals surface area contributed by atoms with Crippen LogP contribution in [-0.2, 0) is 11.3 Å². The first kappa shape index (κ1) is 18.0. The van der Waals surface area contributed by atoms with Crippen LogP contribution in [0.3, 0.4) is 0 Å². The SMILES string of the molecule is CNc1cc2nc3c(cnn13)C(=O)N[C@H](C)COCc1ccc(OC)c(n1)N2. The summed E-state index contributed by atoms with van der Waals surface area (Å²) in [6, 6.07) is 5.25. The van der Waals surface area contributed by atoms with Crippen LogP contribution in [0.5, 0.6) is 5.75 Å². The number of fused-ring (bicyclic) bond motifs is 3. The van der Waals surface area contributed by atoms with Gasteiger partial charge in [-0.1, -0.05) is 0 Å². The molecule has 1 aliphatic heterocycles. The second-order valence-corrected chi connectivity index (χ2v) is 6.44. The molecular weight excluding hydrogens is 362 g/mol. The van der Waals surface area contributed by atoms with Crippen molar-refractivity contribution in [1.29, 1.82) is 0 Å². The molecule has 0 aromatic carbocycles. The van der Waals surface area contributed by atoms with Crippen molar-refractivity contribution in [1.82, 2.24) is 24.9 Å². The third-order valence-corrected chi connectivity index (χ3v) is 4.35. The number of rotatable bonds is 2. The molecule has 0 unspecified atom stereocenters. The molecule has 1 atom stereocenters. The Bertz CT molecular complexity index is 1030. The number of amides is 1. The van der Waals surface area contributed by atoms with Gasteiger partial charge in [0.05, 0.1) is 32.2 Å². The molecule has 0 spiro atoms. The van der Waals surface area contributed by atoms with Crippen molar-refractivity contribution in [2.24, 2.45) is 0 Å². The number of carbonyl (C=O) groups is 1. The van der Waals surface area contributed by atoms with Crippen molar-refractivity contribution in [3.05, 3.63) is 35.7 Å². The molecule has 146 valence electrons. The fourth-order valence-electron chi connectivity index (χ4n) is 2.99. The molecule has 10 nitrogen and oxygen atoms in total. The van der Waals surface area contributed by atoms with Gasteiger partial charge in [-0.25, -0.2) is 9.97 Å². The van der Waals surface area contributed by atoms with E-state index in [1.807, 2.05) is 19.1 Å². The minimum absolute atomic E-state index is 0.187. The summed E-state index contributed by atoms with van der Waals surface area (Å²) in [5.41, 5.74) is 1.53. The molecule has 28 heavy (non-hydrogen) atoms. The number of nitrogens with zero attached hydrogens (tertiary/aromatic N) is 4. The molecule has 10 heteroatoms. The first-order valence-corrected chi connectivity index (χ1v) is 8.85. The van der Waals surface area contributed by atoms with Gasteiger partial charge in [0.15, 0.2) is 17.2 Å². The van der Waals surface area contributed by atoms with Gasteiger partial charge in [0.1, 0.15) is 17.2 Å². The van der Waals surface area contributed by atoms with E-state index < -0.39 is 0 Å².